The second kappa shape index (κ2) is 6.71. The van der Waals surface area contributed by atoms with E-state index in [1.165, 1.54) is 0 Å². The van der Waals surface area contributed by atoms with Crippen LogP contribution in [-0.4, -0.2) is 43.6 Å². The number of carbonyl (C=O) groups is 1. The second-order valence-electron chi connectivity index (χ2n) is 6.86. The number of amides is 1. The van der Waals surface area contributed by atoms with E-state index in [1.54, 1.807) is 12.5 Å². The minimum atomic E-state index is 0.0506. The molecule has 6 heteroatoms. The van der Waals surface area contributed by atoms with Crippen molar-refractivity contribution in [3.05, 3.63) is 66.2 Å². The van der Waals surface area contributed by atoms with Crippen molar-refractivity contribution in [2.24, 2.45) is 0 Å². The Hall–Kier alpha value is -3.02. The minimum absolute atomic E-state index is 0.0506. The van der Waals surface area contributed by atoms with Gasteiger partial charge in [0.25, 0.3) is 5.91 Å². The van der Waals surface area contributed by atoms with E-state index in [1.807, 2.05) is 52.0 Å². The van der Waals surface area contributed by atoms with E-state index >= 15 is 0 Å². The lowest BCUT2D eigenvalue weighted by molar-refractivity contribution is 0.0599. The summed E-state index contributed by atoms with van der Waals surface area (Å²) in [5, 5.41) is 4.28. The fourth-order valence-electron chi connectivity index (χ4n) is 3.26. The van der Waals surface area contributed by atoms with Crippen LogP contribution in [0.4, 0.5) is 0 Å². The Balaban J connectivity index is 1.51. The molecule has 132 valence electrons. The molecule has 1 aromatic carbocycles. The summed E-state index contributed by atoms with van der Waals surface area (Å²) >= 11 is 0. The Bertz CT molecular complexity index is 913. The van der Waals surface area contributed by atoms with Crippen molar-refractivity contribution in [2.75, 3.05) is 13.1 Å². The zero-order valence-electron chi connectivity index (χ0n) is 14.9. The molecule has 1 aliphatic rings. The van der Waals surface area contributed by atoms with Gasteiger partial charge in [-0.05, 0) is 38.1 Å². The fourth-order valence-corrected chi connectivity index (χ4v) is 3.26. The molecule has 4 rings (SSSR count). The Morgan fingerprint density at radius 1 is 1.12 bits per heavy atom. The first-order valence-electron chi connectivity index (χ1n) is 8.83. The van der Waals surface area contributed by atoms with E-state index in [9.17, 15) is 4.79 Å². The van der Waals surface area contributed by atoms with Crippen molar-refractivity contribution in [1.82, 2.24) is 24.6 Å². The van der Waals surface area contributed by atoms with Crippen LogP contribution in [0.1, 0.15) is 41.9 Å². The number of hydrogen-bond donors (Lipinski definition) is 0. The van der Waals surface area contributed by atoms with Crippen molar-refractivity contribution in [3.63, 3.8) is 0 Å². The van der Waals surface area contributed by atoms with Crippen LogP contribution in [0.3, 0.4) is 0 Å². The van der Waals surface area contributed by atoms with Crippen LogP contribution in [0, 0.1) is 0 Å². The number of rotatable bonds is 4. The molecule has 1 fully saturated rings. The highest BCUT2D eigenvalue weighted by molar-refractivity contribution is 5.95. The van der Waals surface area contributed by atoms with Crippen molar-refractivity contribution >= 4 is 5.91 Å². The quantitative estimate of drug-likeness (QED) is 0.727. The van der Waals surface area contributed by atoms with Gasteiger partial charge < -0.3 is 4.90 Å². The van der Waals surface area contributed by atoms with E-state index in [0.29, 0.717) is 24.6 Å². The molecule has 0 aliphatic carbocycles. The maximum Gasteiger partial charge on any atom is 0.253 e. The molecule has 0 spiro atoms. The van der Waals surface area contributed by atoms with Crippen LogP contribution in [0.25, 0.3) is 11.4 Å². The third-order valence-electron chi connectivity index (χ3n) is 4.70. The first-order valence-corrected chi connectivity index (χ1v) is 8.83. The molecule has 0 unspecified atom stereocenters. The molecule has 0 atom stereocenters. The zero-order chi connectivity index (χ0) is 18.1. The van der Waals surface area contributed by atoms with Crippen LogP contribution < -0.4 is 0 Å². The van der Waals surface area contributed by atoms with Crippen LogP contribution in [0.5, 0.6) is 0 Å². The lowest BCUT2D eigenvalue weighted by atomic mass is 9.94. The highest BCUT2D eigenvalue weighted by Crippen LogP contribution is 2.28. The van der Waals surface area contributed by atoms with E-state index in [-0.39, 0.29) is 11.9 Å². The molecule has 26 heavy (non-hydrogen) atoms. The number of hydrogen-bond acceptors (Lipinski definition) is 4. The molecular weight excluding hydrogens is 326 g/mol. The number of likely N-dealkylation sites (tertiary alicyclic amines) is 1. The van der Waals surface area contributed by atoms with Crippen LogP contribution in [-0.2, 0) is 0 Å². The molecule has 0 N–H and O–H groups in total. The number of nitrogens with zero attached hydrogens (tertiary/aromatic N) is 5. The molecule has 1 saturated heterocycles. The van der Waals surface area contributed by atoms with Gasteiger partial charge in [-0.3, -0.25) is 9.78 Å². The van der Waals surface area contributed by atoms with Gasteiger partial charge in [0.05, 0.1) is 0 Å². The lowest BCUT2D eigenvalue weighted by Crippen LogP contribution is -2.48. The maximum absolute atomic E-state index is 12.8. The Morgan fingerprint density at radius 3 is 2.69 bits per heavy atom. The third-order valence-corrected chi connectivity index (χ3v) is 4.70. The van der Waals surface area contributed by atoms with Crippen LogP contribution >= 0.6 is 0 Å². The van der Waals surface area contributed by atoms with Crippen molar-refractivity contribution < 1.29 is 4.79 Å². The predicted molar refractivity (Wildman–Crippen MR) is 98.7 cm³/mol. The number of pyridine rings is 1. The van der Waals surface area contributed by atoms with E-state index in [4.69, 9.17) is 0 Å². The van der Waals surface area contributed by atoms with Gasteiger partial charge in [0.2, 0.25) is 0 Å². The molecule has 0 radical (unpaired) electrons. The normalized spacial score (nSPS) is 14.5. The van der Waals surface area contributed by atoms with E-state index in [2.05, 4.69) is 28.9 Å². The number of aromatic nitrogens is 4. The number of benzene rings is 1. The zero-order valence-corrected chi connectivity index (χ0v) is 14.9. The average Bonchev–Trinajstić information content (AvgIpc) is 3.11. The van der Waals surface area contributed by atoms with Gasteiger partial charge in [0.1, 0.15) is 6.33 Å². The van der Waals surface area contributed by atoms with Gasteiger partial charge in [-0.2, -0.15) is 5.10 Å². The van der Waals surface area contributed by atoms with Gasteiger partial charge in [0.15, 0.2) is 5.82 Å². The Morgan fingerprint density at radius 2 is 1.96 bits per heavy atom. The summed E-state index contributed by atoms with van der Waals surface area (Å²) in [6.45, 7) is 5.54. The molecule has 1 aliphatic heterocycles. The Labute approximate surface area is 152 Å². The van der Waals surface area contributed by atoms with Crippen molar-refractivity contribution in [2.45, 2.75) is 25.8 Å². The van der Waals surface area contributed by atoms with Crippen molar-refractivity contribution in [3.8, 4) is 11.4 Å². The summed E-state index contributed by atoms with van der Waals surface area (Å²) in [5.41, 5.74) is 2.64. The minimum Gasteiger partial charge on any atom is -0.337 e. The molecule has 6 nitrogen and oxygen atoms in total. The van der Waals surface area contributed by atoms with Crippen LogP contribution in [0.2, 0.25) is 0 Å². The van der Waals surface area contributed by atoms with Gasteiger partial charge in [-0.25, -0.2) is 9.67 Å². The molecule has 1 amide bonds. The highest BCUT2D eigenvalue weighted by atomic mass is 16.2. The smallest absolute Gasteiger partial charge is 0.253 e. The Kier molecular flexibility index (Phi) is 4.24. The van der Waals surface area contributed by atoms with Gasteiger partial charge in [-0.15, -0.1) is 0 Å². The maximum atomic E-state index is 12.8. The van der Waals surface area contributed by atoms with E-state index < -0.39 is 0 Å². The topological polar surface area (TPSA) is 63.9 Å². The van der Waals surface area contributed by atoms with Gasteiger partial charge >= 0.3 is 0 Å². The summed E-state index contributed by atoms with van der Waals surface area (Å²) in [4.78, 5) is 23.4. The summed E-state index contributed by atoms with van der Waals surface area (Å²) in [6, 6.07) is 13.8. The average molecular weight is 347 g/mol. The molecule has 0 bridgehead atoms. The highest BCUT2D eigenvalue weighted by Gasteiger charge is 2.33. The summed E-state index contributed by atoms with van der Waals surface area (Å²) in [5.74, 6) is 1.16. The molecule has 2 aromatic heterocycles. The molecular formula is C20H21N5O. The fraction of sp³-hybridized carbons (Fsp3) is 0.300. The summed E-state index contributed by atoms with van der Waals surface area (Å²) in [6.07, 6.45) is 3.35. The molecule has 3 heterocycles. The van der Waals surface area contributed by atoms with Crippen molar-refractivity contribution in [1.29, 1.82) is 0 Å². The van der Waals surface area contributed by atoms with Gasteiger partial charge in [-0.1, -0.05) is 18.2 Å². The monoisotopic (exact) mass is 347 g/mol. The van der Waals surface area contributed by atoms with Crippen LogP contribution in [0.15, 0.2) is 55.0 Å². The molecule has 0 saturated carbocycles. The number of carbonyl (C=O) groups excluding carboxylic acids is 1. The van der Waals surface area contributed by atoms with Gasteiger partial charge in [0, 0.05) is 48.1 Å². The molecule has 3 aromatic rings. The largest absolute Gasteiger partial charge is 0.337 e. The third kappa shape index (κ3) is 2.98. The predicted octanol–water partition coefficient (Wildman–Crippen LogP) is 3.16. The second-order valence-corrected chi connectivity index (χ2v) is 6.86. The lowest BCUT2D eigenvalue weighted by Gasteiger charge is -2.39. The standard InChI is InChI=1S/C20H21N5O/c1-14(2)25-19(22-13-23-25)15-6-5-7-16(10-15)20(26)24-11-17(12-24)18-8-3-4-9-21-18/h3-10,13-14,17H,11-12H2,1-2H3. The summed E-state index contributed by atoms with van der Waals surface area (Å²) in [7, 11) is 0. The van der Waals surface area contributed by atoms with E-state index in [0.717, 1.165) is 17.1 Å². The SMILES string of the molecule is CC(C)n1ncnc1-c1cccc(C(=O)N2CC(c3ccccn3)C2)c1. The summed E-state index contributed by atoms with van der Waals surface area (Å²) < 4.78 is 1.87. The first kappa shape index (κ1) is 16.4. The first-order chi connectivity index (χ1) is 12.6.